The maximum absolute atomic E-state index is 5.63. The van der Waals surface area contributed by atoms with Gasteiger partial charge in [0.25, 0.3) is 0 Å². The van der Waals surface area contributed by atoms with Crippen LogP contribution in [0.2, 0.25) is 0 Å². The van der Waals surface area contributed by atoms with Gasteiger partial charge in [-0.25, -0.2) is 0 Å². The molecule has 0 aliphatic heterocycles. The number of methoxy groups -OCH3 is 2. The van der Waals surface area contributed by atoms with Crippen LogP contribution in [0.1, 0.15) is 25.3 Å². The first-order valence-corrected chi connectivity index (χ1v) is 8.51. The van der Waals surface area contributed by atoms with Crippen molar-refractivity contribution in [3.63, 3.8) is 0 Å². The van der Waals surface area contributed by atoms with Crippen molar-refractivity contribution in [1.29, 1.82) is 0 Å². The van der Waals surface area contributed by atoms with Crippen molar-refractivity contribution in [2.24, 2.45) is 4.99 Å². The normalized spacial score (nSPS) is 10.6. The Labute approximate surface area is 174 Å². The fourth-order valence-electron chi connectivity index (χ4n) is 2.47. The van der Waals surface area contributed by atoms with Crippen LogP contribution in [0.5, 0.6) is 17.2 Å². The average molecular weight is 477 g/mol. The zero-order chi connectivity index (χ0) is 18.7. The van der Waals surface area contributed by atoms with Gasteiger partial charge in [0.15, 0.2) is 17.5 Å². The number of nitrogens with zero attached hydrogens (tertiary/aromatic N) is 2. The average Bonchev–Trinajstić information content (AvgIpc) is 2.63. The molecule has 0 fully saturated rings. The maximum Gasteiger partial charge on any atom is 0.203 e. The molecule has 1 aromatic rings. The number of aliphatic imine (C=N–C) groups is 1. The van der Waals surface area contributed by atoms with Gasteiger partial charge in [-0.3, -0.25) is 4.99 Å². The standard InChI is InChI=1S/C19H31N3O3.HI/c1-7-9-10-11-22(4)19(20-3)21-14-15-12-16(23-5)18(25-8-2)17(13-15)24-6;/h7,12-13H,1,8-11,14H2,2-6H3,(H,20,21);1H. The van der Waals surface area contributed by atoms with Gasteiger partial charge in [-0.1, -0.05) is 6.08 Å². The first-order chi connectivity index (χ1) is 12.1. The van der Waals surface area contributed by atoms with Crippen molar-refractivity contribution in [2.45, 2.75) is 26.3 Å². The Balaban J connectivity index is 0.00000625. The van der Waals surface area contributed by atoms with Crippen LogP contribution < -0.4 is 19.5 Å². The van der Waals surface area contributed by atoms with E-state index in [-0.39, 0.29) is 24.0 Å². The van der Waals surface area contributed by atoms with Crippen molar-refractivity contribution >= 4 is 29.9 Å². The molecule has 0 aliphatic rings. The molecule has 0 saturated heterocycles. The first-order valence-electron chi connectivity index (χ1n) is 8.51. The molecule has 0 aliphatic carbocycles. The lowest BCUT2D eigenvalue weighted by atomic mass is 10.1. The summed E-state index contributed by atoms with van der Waals surface area (Å²) in [6.45, 7) is 7.76. The van der Waals surface area contributed by atoms with Gasteiger partial charge in [0.05, 0.1) is 20.8 Å². The lowest BCUT2D eigenvalue weighted by Gasteiger charge is -2.22. The molecule has 0 aromatic heterocycles. The van der Waals surface area contributed by atoms with Crippen LogP contribution in [0.3, 0.4) is 0 Å². The molecule has 1 aromatic carbocycles. The van der Waals surface area contributed by atoms with E-state index in [1.54, 1.807) is 21.3 Å². The fraction of sp³-hybridized carbons (Fsp3) is 0.526. The van der Waals surface area contributed by atoms with Gasteiger partial charge in [-0.2, -0.15) is 0 Å². The number of ether oxygens (including phenoxy) is 3. The predicted molar refractivity (Wildman–Crippen MR) is 118 cm³/mol. The molecule has 1 N–H and O–H groups in total. The van der Waals surface area contributed by atoms with E-state index in [0.717, 1.165) is 30.9 Å². The second-order valence-electron chi connectivity index (χ2n) is 5.52. The quantitative estimate of drug-likeness (QED) is 0.183. The Bertz CT molecular complexity index is 554. The lowest BCUT2D eigenvalue weighted by Crippen LogP contribution is -2.38. The maximum atomic E-state index is 5.63. The van der Waals surface area contributed by atoms with E-state index >= 15 is 0 Å². The van der Waals surface area contributed by atoms with Crippen LogP contribution in [0.15, 0.2) is 29.8 Å². The molecule has 0 radical (unpaired) electrons. The van der Waals surface area contributed by atoms with E-state index in [1.807, 2.05) is 32.2 Å². The molecule has 7 heteroatoms. The van der Waals surface area contributed by atoms with Gasteiger partial charge in [-0.05, 0) is 37.5 Å². The van der Waals surface area contributed by atoms with Gasteiger partial charge in [0.2, 0.25) is 5.75 Å². The summed E-state index contributed by atoms with van der Waals surface area (Å²) in [7, 11) is 7.06. The van der Waals surface area contributed by atoms with Gasteiger partial charge < -0.3 is 24.4 Å². The van der Waals surface area contributed by atoms with Crippen molar-refractivity contribution in [2.75, 3.05) is 41.5 Å². The largest absolute Gasteiger partial charge is 0.493 e. The third-order valence-corrected chi connectivity index (χ3v) is 3.73. The van der Waals surface area contributed by atoms with Crippen molar-refractivity contribution < 1.29 is 14.2 Å². The Hall–Kier alpha value is -1.64. The van der Waals surface area contributed by atoms with Gasteiger partial charge >= 0.3 is 0 Å². The van der Waals surface area contributed by atoms with E-state index in [2.05, 4.69) is 21.8 Å². The molecule has 0 amide bonds. The zero-order valence-electron chi connectivity index (χ0n) is 16.5. The summed E-state index contributed by atoms with van der Waals surface area (Å²) in [5.74, 6) is 2.79. The van der Waals surface area contributed by atoms with Crippen LogP contribution in [0.4, 0.5) is 0 Å². The summed E-state index contributed by atoms with van der Waals surface area (Å²) in [4.78, 5) is 6.44. The Morgan fingerprint density at radius 3 is 2.35 bits per heavy atom. The molecule has 148 valence electrons. The van der Waals surface area contributed by atoms with Crippen LogP contribution in [0, 0.1) is 0 Å². The zero-order valence-corrected chi connectivity index (χ0v) is 18.8. The number of guanidine groups is 1. The molecule has 0 unspecified atom stereocenters. The summed E-state index contributed by atoms with van der Waals surface area (Å²) in [6.07, 6.45) is 3.97. The topological polar surface area (TPSA) is 55.3 Å². The minimum atomic E-state index is 0. The Kier molecular flexibility index (Phi) is 12.7. The molecule has 0 spiro atoms. The molecule has 0 heterocycles. The number of rotatable bonds is 10. The van der Waals surface area contributed by atoms with Crippen molar-refractivity contribution in [3.8, 4) is 17.2 Å². The van der Waals surface area contributed by atoms with E-state index in [9.17, 15) is 0 Å². The smallest absolute Gasteiger partial charge is 0.203 e. The Morgan fingerprint density at radius 1 is 1.27 bits per heavy atom. The fourth-order valence-corrected chi connectivity index (χ4v) is 2.47. The van der Waals surface area contributed by atoms with Crippen LogP contribution in [-0.2, 0) is 6.54 Å². The summed E-state index contributed by atoms with van der Waals surface area (Å²) < 4.78 is 16.5. The summed E-state index contributed by atoms with van der Waals surface area (Å²) >= 11 is 0. The van der Waals surface area contributed by atoms with Gasteiger partial charge in [0, 0.05) is 27.2 Å². The number of halogens is 1. The first kappa shape index (κ1) is 24.4. The number of benzene rings is 1. The number of nitrogens with one attached hydrogen (secondary N) is 1. The third kappa shape index (κ3) is 7.31. The molecule has 6 nitrogen and oxygen atoms in total. The highest BCUT2D eigenvalue weighted by Crippen LogP contribution is 2.38. The molecule has 26 heavy (non-hydrogen) atoms. The van der Waals surface area contributed by atoms with Crippen LogP contribution >= 0.6 is 24.0 Å². The highest BCUT2D eigenvalue weighted by Gasteiger charge is 2.14. The van der Waals surface area contributed by atoms with E-state index in [4.69, 9.17) is 14.2 Å². The molecule has 0 atom stereocenters. The Morgan fingerprint density at radius 2 is 1.88 bits per heavy atom. The number of hydrogen-bond acceptors (Lipinski definition) is 4. The second-order valence-corrected chi connectivity index (χ2v) is 5.52. The summed E-state index contributed by atoms with van der Waals surface area (Å²) in [6, 6.07) is 3.90. The van der Waals surface area contributed by atoms with E-state index in [1.165, 1.54) is 0 Å². The summed E-state index contributed by atoms with van der Waals surface area (Å²) in [5, 5.41) is 3.36. The predicted octanol–water partition coefficient (Wildman–Crippen LogP) is 3.69. The molecular formula is C19H32IN3O3. The minimum absolute atomic E-state index is 0. The highest BCUT2D eigenvalue weighted by molar-refractivity contribution is 14.0. The highest BCUT2D eigenvalue weighted by atomic mass is 127. The minimum Gasteiger partial charge on any atom is -0.493 e. The monoisotopic (exact) mass is 477 g/mol. The number of hydrogen-bond donors (Lipinski definition) is 1. The molecule has 0 saturated carbocycles. The van der Waals surface area contributed by atoms with Gasteiger partial charge in [-0.15, -0.1) is 30.6 Å². The van der Waals surface area contributed by atoms with E-state index in [0.29, 0.717) is 30.4 Å². The van der Waals surface area contributed by atoms with Crippen LogP contribution in [0.25, 0.3) is 0 Å². The number of unbranched alkanes of at least 4 members (excludes halogenated alkanes) is 1. The van der Waals surface area contributed by atoms with Crippen molar-refractivity contribution in [1.82, 2.24) is 10.2 Å². The third-order valence-electron chi connectivity index (χ3n) is 3.73. The molecular weight excluding hydrogens is 445 g/mol. The van der Waals surface area contributed by atoms with Crippen LogP contribution in [-0.4, -0.2) is 52.3 Å². The van der Waals surface area contributed by atoms with Crippen molar-refractivity contribution in [3.05, 3.63) is 30.4 Å². The van der Waals surface area contributed by atoms with E-state index < -0.39 is 0 Å². The number of allylic oxidation sites excluding steroid dienone is 1. The molecule has 0 bridgehead atoms. The SMILES string of the molecule is C=CCCCN(C)C(=NC)NCc1cc(OC)c(OCC)c(OC)c1.I. The van der Waals surface area contributed by atoms with Gasteiger partial charge in [0.1, 0.15) is 0 Å². The summed E-state index contributed by atoms with van der Waals surface area (Å²) in [5.41, 5.74) is 1.03. The second kappa shape index (κ2) is 13.5. The molecule has 1 rings (SSSR count). The lowest BCUT2D eigenvalue weighted by molar-refractivity contribution is 0.288.